The Morgan fingerprint density at radius 1 is 1.29 bits per heavy atom. The second kappa shape index (κ2) is 5.73. The number of carboxylic acid groups (broad SMARTS) is 1. The molecular formula is C19H14BrNO5S2. The number of ether oxygens (including phenoxy) is 1. The molecule has 7 atom stereocenters. The van der Waals surface area contributed by atoms with Gasteiger partial charge < -0.3 is 14.8 Å². The number of benzene rings is 1. The first-order chi connectivity index (χ1) is 13.4. The van der Waals surface area contributed by atoms with E-state index in [0.29, 0.717) is 5.75 Å². The summed E-state index contributed by atoms with van der Waals surface area (Å²) >= 11 is 6.33. The van der Waals surface area contributed by atoms with Crippen LogP contribution in [0.4, 0.5) is 0 Å². The number of aromatic nitrogens is 1. The van der Waals surface area contributed by atoms with E-state index in [1.54, 1.807) is 17.8 Å². The molecule has 2 aromatic rings. The number of esters is 1. The van der Waals surface area contributed by atoms with Crippen LogP contribution in [-0.4, -0.2) is 27.3 Å². The first-order valence-electron chi connectivity index (χ1n) is 9.07. The zero-order valence-corrected chi connectivity index (χ0v) is 17.5. The number of carbonyl (C=O) groups excluding carboxylic acids is 1. The Labute approximate surface area is 175 Å². The van der Waals surface area contributed by atoms with Crippen molar-refractivity contribution in [3.05, 3.63) is 42.8 Å². The highest BCUT2D eigenvalue weighted by Gasteiger charge is 2.67. The van der Waals surface area contributed by atoms with Gasteiger partial charge in [-0.25, -0.2) is 0 Å². The SMILES string of the molecule is O=C1Oc2ccc(Br)cc2[C@@H]2c3sc(=O)[nH]c3S[C@@H]3[C@@H]4C[C@H]([C@@H]1[C@H]4C(=O)O)[C@H]23. The van der Waals surface area contributed by atoms with E-state index in [2.05, 4.69) is 20.9 Å². The van der Waals surface area contributed by atoms with Gasteiger partial charge in [0.05, 0.1) is 16.9 Å². The van der Waals surface area contributed by atoms with Gasteiger partial charge in [0.2, 0.25) is 0 Å². The lowest BCUT2D eigenvalue weighted by Gasteiger charge is -2.45. The number of aromatic amines is 1. The van der Waals surface area contributed by atoms with Crippen molar-refractivity contribution >= 4 is 51.0 Å². The lowest BCUT2D eigenvalue weighted by Crippen LogP contribution is -2.49. The molecule has 6 nitrogen and oxygen atoms in total. The molecule has 0 saturated heterocycles. The molecule has 1 aromatic carbocycles. The molecule has 2 aliphatic carbocycles. The summed E-state index contributed by atoms with van der Waals surface area (Å²) < 4.78 is 6.63. The number of hydrogen-bond acceptors (Lipinski definition) is 6. The number of fused-ring (bicyclic) bond motifs is 6. The molecule has 6 rings (SSSR count). The molecular weight excluding hydrogens is 466 g/mol. The van der Waals surface area contributed by atoms with E-state index < -0.39 is 23.8 Å². The minimum Gasteiger partial charge on any atom is -0.481 e. The van der Waals surface area contributed by atoms with E-state index in [1.807, 2.05) is 12.1 Å². The summed E-state index contributed by atoms with van der Waals surface area (Å²) in [7, 11) is 0. The monoisotopic (exact) mass is 479 g/mol. The Kier molecular flexibility index (Phi) is 3.54. The summed E-state index contributed by atoms with van der Waals surface area (Å²) in [5.74, 6) is -2.33. The molecule has 0 spiro atoms. The van der Waals surface area contributed by atoms with Gasteiger partial charge in [0.1, 0.15) is 5.75 Å². The number of thiazole rings is 1. The number of nitrogens with one attached hydrogen (secondary N) is 1. The maximum absolute atomic E-state index is 13.0. The van der Waals surface area contributed by atoms with Crippen LogP contribution in [0.25, 0.3) is 0 Å². The summed E-state index contributed by atoms with van der Waals surface area (Å²) in [6.45, 7) is 0. The Hall–Kier alpha value is -1.58. The Balaban J connectivity index is 1.64. The van der Waals surface area contributed by atoms with Crippen LogP contribution in [-0.2, 0) is 9.59 Å². The minimum absolute atomic E-state index is 0.0430. The fourth-order valence-corrected chi connectivity index (χ4v) is 9.23. The number of carboxylic acids is 1. The van der Waals surface area contributed by atoms with Gasteiger partial charge in [0.15, 0.2) is 0 Å². The van der Waals surface area contributed by atoms with Gasteiger partial charge in [0.25, 0.3) is 0 Å². The maximum Gasteiger partial charge on any atom is 0.315 e. The number of hydrogen-bond donors (Lipinski definition) is 2. The molecule has 144 valence electrons. The van der Waals surface area contributed by atoms with Crippen LogP contribution < -0.4 is 9.61 Å². The number of carbonyl (C=O) groups is 2. The molecule has 2 N–H and O–H groups in total. The smallest absolute Gasteiger partial charge is 0.315 e. The fourth-order valence-electron chi connectivity index (χ4n) is 5.97. The molecule has 3 heterocycles. The second-order valence-electron chi connectivity index (χ2n) is 7.90. The van der Waals surface area contributed by atoms with Gasteiger partial charge in [-0.3, -0.25) is 14.4 Å². The van der Waals surface area contributed by atoms with Crippen molar-refractivity contribution in [1.82, 2.24) is 4.98 Å². The molecule has 28 heavy (non-hydrogen) atoms. The van der Waals surface area contributed by atoms with Crippen LogP contribution in [0.15, 0.2) is 32.5 Å². The predicted molar refractivity (Wildman–Crippen MR) is 106 cm³/mol. The predicted octanol–water partition coefficient (Wildman–Crippen LogP) is 3.31. The lowest BCUT2D eigenvalue weighted by atomic mass is 9.66. The summed E-state index contributed by atoms with van der Waals surface area (Å²) in [5.41, 5.74) is 0.896. The number of halogens is 1. The van der Waals surface area contributed by atoms with Gasteiger partial charge >= 0.3 is 16.8 Å². The Bertz CT molecular complexity index is 1110. The molecule has 0 radical (unpaired) electrons. The Morgan fingerprint density at radius 3 is 2.89 bits per heavy atom. The van der Waals surface area contributed by atoms with Crippen molar-refractivity contribution in [1.29, 1.82) is 0 Å². The van der Waals surface area contributed by atoms with E-state index in [9.17, 15) is 19.5 Å². The average molecular weight is 480 g/mol. The summed E-state index contributed by atoms with van der Waals surface area (Å²) in [6.07, 6.45) is 0.720. The van der Waals surface area contributed by atoms with Crippen molar-refractivity contribution in [2.75, 3.05) is 0 Å². The number of thioether (sulfide) groups is 1. The summed E-state index contributed by atoms with van der Waals surface area (Å²) in [5, 5.41) is 10.8. The highest BCUT2D eigenvalue weighted by Crippen LogP contribution is 2.68. The highest BCUT2D eigenvalue weighted by molar-refractivity contribution is 9.10. The van der Waals surface area contributed by atoms with Crippen molar-refractivity contribution in [3.8, 4) is 5.75 Å². The van der Waals surface area contributed by atoms with Crippen LogP contribution in [0.1, 0.15) is 22.8 Å². The standard InChI is InChI=1S/C19H14BrNO5S2/c20-5-1-2-9-6(3-5)10-11-7-4-8(12(17(22)23)13(7)18(24)26-9)14(11)27-16-15(10)28-19(25)21-16/h1-3,7-8,10-14H,4H2,(H,21,25)(H,22,23)/t7-,8+,10-,11+,12-,13+,14+/m0/s1. The maximum atomic E-state index is 13.0. The first kappa shape index (κ1) is 17.3. The van der Waals surface area contributed by atoms with Crippen LogP contribution in [0, 0.1) is 29.6 Å². The van der Waals surface area contributed by atoms with E-state index in [-0.39, 0.29) is 33.8 Å². The third kappa shape index (κ3) is 2.12. The van der Waals surface area contributed by atoms with E-state index >= 15 is 0 Å². The zero-order chi connectivity index (χ0) is 19.3. The summed E-state index contributed by atoms with van der Waals surface area (Å²) in [4.78, 5) is 41.0. The van der Waals surface area contributed by atoms with Crippen LogP contribution in [0.5, 0.6) is 5.75 Å². The van der Waals surface area contributed by atoms with E-state index in [0.717, 1.165) is 26.4 Å². The number of rotatable bonds is 1. The molecule has 2 bridgehead atoms. The van der Waals surface area contributed by atoms with Crippen LogP contribution in [0.2, 0.25) is 0 Å². The van der Waals surface area contributed by atoms with Gasteiger partial charge in [-0.15, -0.1) is 11.8 Å². The van der Waals surface area contributed by atoms with Crippen molar-refractivity contribution in [2.24, 2.45) is 29.6 Å². The number of H-pyrrole nitrogens is 1. The van der Waals surface area contributed by atoms with E-state index in [1.165, 1.54) is 11.3 Å². The van der Waals surface area contributed by atoms with Crippen molar-refractivity contribution in [3.63, 3.8) is 0 Å². The number of aliphatic carboxylic acids is 1. The topological polar surface area (TPSA) is 96.5 Å². The Morgan fingerprint density at radius 2 is 2.11 bits per heavy atom. The largest absolute Gasteiger partial charge is 0.481 e. The summed E-state index contributed by atoms with van der Waals surface area (Å²) in [6, 6.07) is 5.54. The van der Waals surface area contributed by atoms with E-state index in [4.69, 9.17) is 4.74 Å². The zero-order valence-electron chi connectivity index (χ0n) is 14.3. The molecule has 9 heteroatoms. The molecule has 2 fully saturated rings. The van der Waals surface area contributed by atoms with Gasteiger partial charge in [0, 0.05) is 26.1 Å². The minimum atomic E-state index is -0.925. The highest BCUT2D eigenvalue weighted by atomic mass is 79.9. The van der Waals surface area contributed by atoms with Gasteiger partial charge in [-0.1, -0.05) is 27.3 Å². The quantitative estimate of drug-likeness (QED) is 0.481. The van der Waals surface area contributed by atoms with Crippen LogP contribution >= 0.6 is 39.0 Å². The molecule has 4 aliphatic rings. The lowest BCUT2D eigenvalue weighted by molar-refractivity contribution is -0.156. The van der Waals surface area contributed by atoms with Gasteiger partial charge in [-0.2, -0.15) is 0 Å². The van der Waals surface area contributed by atoms with Crippen LogP contribution in [0.3, 0.4) is 0 Å². The normalized spacial score (nSPS) is 36.9. The molecule has 1 aromatic heterocycles. The molecule has 2 aliphatic heterocycles. The molecule has 0 unspecified atom stereocenters. The fraction of sp³-hybridized carbons (Fsp3) is 0.421. The molecule has 0 amide bonds. The van der Waals surface area contributed by atoms with Gasteiger partial charge in [-0.05, 0) is 42.4 Å². The van der Waals surface area contributed by atoms with Crippen molar-refractivity contribution in [2.45, 2.75) is 22.6 Å². The first-order valence-corrected chi connectivity index (χ1v) is 11.6. The van der Waals surface area contributed by atoms with Crippen molar-refractivity contribution < 1.29 is 19.4 Å². The third-order valence-corrected chi connectivity index (χ3v) is 9.87. The third-order valence-electron chi connectivity index (χ3n) is 6.79. The molecule has 2 saturated carbocycles. The second-order valence-corrected chi connectivity index (χ2v) is 11.0. The average Bonchev–Trinajstić information content (AvgIpc) is 3.30.